The van der Waals surface area contributed by atoms with Gasteiger partial charge in [-0.1, -0.05) is 18.6 Å². The molecule has 0 aromatic heterocycles. The first-order chi connectivity index (χ1) is 9.20. The summed E-state index contributed by atoms with van der Waals surface area (Å²) in [5.74, 6) is -0.0578. The van der Waals surface area contributed by atoms with E-state index in [-0.39, 0.29) is 12.0 Å². The van der Waals surface area contributed by atoms with Crippen molar-refractivity contribution in [2.45, 2.75) is 38.6 Å². The fraction of sp³-hybridized carbons (Fsp3) is 0.533. The normalized spacial score (nSPS) is 22.8. The molecule has 4 nitrogen and oxygen atoms in total. The Morgan fingerprint density at radius 2 is 2.21 bits per heavy atom. The molecular formula is C15H21NO3. The van der Waals surface area contributed by atoms with Crippen LogP contribution in [0.15, 0.2) is 24.3 Å². The van der Waals surface area contributed by atoms with Crippen LogP contribution in [0, 0.1) is 5.92 Å². The summed E-state index contributed by atoms with van der Waals surface area (Å²) in [5, 5.41) is 12.5. The van der Waals surface area contributed by atoms with Crippen LogP contribution >= 0.6 is 0 Å². The van der Waals surface area contributed by atoms with Crippen LogP contribution in [0.4, 0.5) is 5.69 Å². The van der Waals surface area contributed by atoms with Crippen LogP contribution in [0.25, 0.3) is 0 Å². The smallest absolute Gasteiger partial charge is 0.306 e. The Morgan fingerprint density at radius 3 is 2.95 bits per heavy atom. The number of ether oxygens (including phenoxy) is 1. The van der Waals surface area contributed by atoms with E-state index in [1.165, 1.54) is 0 Å². The number of carboxylic acid groups (broad SMARTS) is 1. The first-order valence-corrected chi connectivity index (χ1v) is 6.92. The SMILES string of the molecule is CCOc1ccccc1NC1CCCC(C(=O)O)C1. The van der Waals surface area contributed by atoms with Gasteiger partial charge >= 0.3 is 5.97 Å². The Labute approximate surface area is 113 Å². The minimum Gasteiger partial charge on any atom is -0.492 e. The van der Waals surface area contributed by atoms with E-state index in [1.807, 2.05) is 31.2 Å². The molecule has 4 heteroatoms. The molecule has 0 saturated heterocycles. The zero-order valence-corrected chi connectivity index (χ0v) is 11.3. The number of aliphatic carboxylic acids is 1. The van der Waals surface area contributed by atoms with Gasteiger partial charge in [-0.15, -0.1) is 0 Å². The number of anilines is 1. The fourth-order valence-corrected chi connectivity index (χ4v) is 2.63. The summed E-state index contributed by atoms with van der Waals surface area (Å²) in [6, 6.07) is 8.04. The number of hydrogen-bond donors (Lipinski definition) is 2. The molecule has 0 aliphatic heterocycles. The topological polar surface area (TPSA) is 58.6 Å². The van der Waals surface area contributed by atoms with Gasteiger partial charge in [0.2, 0.25) is 0 Å². The lowest BCUT2D eigenvalue weighted by molar-refractivity contribution is -0.142. The van der Waals surface area contributed by atoms with Crippen LogP contribution in [-0.2, 0) is 4.79 Å². The minimum atomic E-state index is -0.676. The summed E-state index contributed by atoms with van der Waals surface area (Å²) >= 11 is 0. The maximum absolute atomic E-state index is 11.1. The lowest BCUT2D eigenvalue weighted by Crippen LogP contribution is -2.31. The van der Waals surface area contributed by atoms with Crippen molar-refractivity contribution < 1.29 is 14.6 Å². The molecule has 2 N–H and O–H groups in total. The highest BCUT2D eigenvalue weighted by atomic mass is 16.5. The number of para-hydroxylation sites is 2. The number of benzene rings is 1. The second-order valence-corrected chi connectivity index (χ2v) is 4.97. The van der Waals surface area contributed by atoms with Crippen molar-refractivity contribution in [3.63, 3.8) is 0 Å². The van der Waals surface area contributed by atoms with E-state index in [9.17, 15) is 4.79 Å². The van der Waals surface area contributed by atoms with Crippen molar-refractivity contribution in [1.29, 1.82) is 0 Å². The Balaban J connectivity index is 2.02. The first kappa shape index (κ1) is 13.7. The molecule has 0 bridgehead atoms. The van der Waals surface area contributed by atoms with Crippen LogP contribution in [-0.4, -0.2) is 23.7 Å². The van der Waals surface area contributed by atoms with Gasteiger partial charge in [0.05, 0.1) is 18.2 Å². The third-order valence-electron chi connectivity index (χ3n) is 3.57. The Kier molecular flexibility index (Phi) is 4.66. The second-order valence-electron chi connectivity index (χ2n) is 4.97. The number of carbonyl (C=O) groups is 1. The molecule has 19 heavy (non-hydrogen) atoms. The van der Waals surface area contributed by atoms with E-state index in [2.05, 4.69) is 5.32 Å². The fourth-order valence-electron chi connectivity index (χ4n) is 2.63. The maximum Gasteiger partial charge on any atom is 0.306 e. The molecular weight excluding hydrogens is 242 g/mol. The molecule has 1 aromatic rings. The van der Waals surface area contributed by atoms with Crippen LogP contribution in [0.2, 0.25) is 0 Å². The lowest BCUT2D eigenvalue weighted by Gasteiger charge is -2.28. The van der Waals surface area contributed by atoms with Gasteiger partial charge in [-0.05, 0) is 38.3 Å². The Morgan fingerprint density at radius 1 is 1.42 bits per heavy atom. The summed E-state index contributed by atoms with van der Waals surface area (Å²) in [7, 11) is 0. The van der Waals surface area contributed by atoms with Gasteiger partial charge in [-0.3, -0.25) is 4.79 Å². The van der Waals surface area contributed by atoms with E-state index in [0.29, 0.717) is 13.0 Å². The van der Waals surface area contributed by atoms with Gasteiger partial charge in [-0.25, -0.2) is 0 Å². The first-order valence-electron chi connectivity index (χ1n) is 6.92. The zero-order valence-electron chi connectivity index (χ0n) is 11.3. The summed E-state index contributed by atoms with van der Waals surface area (Å²) in [4.78, 5) is 11.1. The standard InChI is InChI=1S/C15H21NO3/c1-2-19-14-9-4-3-8-13(14)16-12-7-5-6-11(10-12)15(17)18/h3-4,8-9,11-12,16H,2,5-7,10H2,1H3,(H,17,18). The van der Waals surface area contributed by atoms with E-state index in [0.717, 1.165) is 30.7 Å². The summed E-state index contributed by atoms with van der Waals surface area (Å²) in [6.07, 6.45) is 3.46. The molecule has 1 saturated carbocycles. The van der Waals surface area contributed by atoms with Gasteiger partial charge in [-0.2, -0.15) is 0 Å². The highest BCUT2D eigenvalue weighted by molar-refractivity contribution is 5.70. The van der Waals surface area contributed by atoms with Crippen LogP contribution in [0.3, 0.4) is 0 Å². The number of rotatable bonds is 5. The molecule has 1 aliphatic carbocycles. The molecule has 0 spiro atoms. The van der Waals surface area contributed by atoms with Gasteiger partial charge in [0.1, 0.15) is 5.75 Å². The molecule has 1 aliphatic rings. The monoisotopic (exact) mass is 263 g/mol. The lowest BCUT2D eigenvalue weighted by atomic mass is 9.85. The highest BCUT2D eigenvalue weighted by Gasteiger charge is 2.27. The third-order valence-corrected chi connectivity index (χ3v) is 3.57. The average molecular weight is 263 g/mol. The number of carboxylic acids is 1. The van der Waals surface area contributed by atoms with Gasteiger partial charge in [0, 0.05) is 6.04 Å². The minimum absolute atomic E-state index is 0.217. The summed E-state index contributed by atoms with van der Waals surface area (Å²) < 4.78 is 5.57. The molecule has 2 atom stereocenters. The Bertz CT molecular complexity index is 433. The van der Waals surface area contributed by atoms with Crippen LogP contribution in [0.1, 0.15) is 32.6 Å². The highest BCUT2D eigenvalue weighted by Crippen LogP contribution is 2.30. The van der Waals surface area contributed by atoms with Gasteiger partial charge in [0.15, 0.2) is 0 Å². The predicted octanol–water partition coefficient (Wildman–Crippen LogP) is 3.14. The van der Waals surface area contributed by atoms with Crippen LogP contribution < -0.4 is 10.1 Å². The molecule has 1 fully saturated rings. The second kappa shape index (κ2) is 6.45. The van der Waals surface area contributed by atoms with E-state index >= 15 is 0 Å². The quantitative estimate of drug-likeness (QED) is 0.856. The molecule has 2 unspecified atom stereocenters. The largest absolute Gasteiger partial charge is 0.492 e. The number of hydrogen-bond acceptors (Lipinski definition) is 3. The Hall–Kier alpha value is -1.71. The molecule has 2 rings (SSSR count). The van der Waals surface area contributed by atoms with Crippen molar-refractivity contribution >= 4 is 11.7 Å². The zero-order chi connectivity index (χ0) is 13.7. The summed E-state index contributed by atoms with van der Waals surface area (Å²) in [5.41, 5.74) is 0.959. The van der Waals surface area contributed by atoms with E-state index in [1.54, 1.807) is 0 Å². The van der Waals surface area contributed by atoms with Crippen molar-refractivity contribution in [2.24, 2.45) is 5.92 Å². The van der Waals surface area contributed by atoms with Crippen molar-refractivity contribution in [2.75, 3.05) is 11.9 Å². The number of nitrogens with one attached hydrogen (secondary N) is 1. The van der Waals surface area contributed by atoms with Crippen molar-refractivity contribution in [1.82, 2.24) is 0 Å². The van der Waals surface area contributed by atoms with Crippen molar-refractivity contribution in [3.8, 4) is 5.75 Å². The maximum atomic E-state index is 11.1. The molecule has 1 aromatic carbocycles. The van der Waals surface area contributed by atoms with Crippen molar-refractivity contribution in [3.05, 3.63) is 24.3 Å². The van der Waals surface area contributed by atoms with Crippen LogP contribution in [0.5, 0.6) is 5.75 Å². The van der Waals surface area contributed by atoms with E-state index in [4.69, 9.17) is 9.84 Å². The average Bonchev–Trinajstić information content (AvgIpc) is 2.41. The molecule has 104 valence electrons. The summed E-state index contributed by atoms with van der Waals surface area (Å²) in [6.45, 7) is 2.58. The van der Waals surface area contributed by atoms with Gasteiger partial charge in [0.25, 0.3) is 0 Å². The molecule has 0 radical (unpaired) electrons. The molecule has 0 heterocycles. The van der Waals surface area contributed by atoms with Gasteiger partial charge < -0.3 is 15.2 Å². The predicted molar refractivity (Wildman–Crippen MR) is 74.6 cm³/mol. The third kappa shape index (κ3) is 3.63. The van der Waals surface area contributed by atoms with E-state index < -0.39 is 5.97 Å². The molecule has 0 amide bonds.